The Morgan fingerprint density at radius 2 is 2.29 bits per heavy atom. The van der Waals surface area contributed by atoms with Gasteiger partial charge in [-0.15, -0.1) is 0 Å². The van der Waals surface area contributed by atoms with Crippen LogP contribution in [0.3, 0.4) is 0 Å². The minimum absolute atomic E-state index is 0.0798. The molecule has 4 heteroatoms. The first-order chi connectivity index (χ1) is 6.72. The Morgan fingerprint density at radius 1 is 1.57 bits per heavy atom. The van der Waals surface area contributed by atoms with Gasteiger partial charge in [0, 0.05) is 13.0 Å². The molecule has 0 aliphatic rings. The van der Waals surface area contributed by atoms with Gasteiger partial charge >= 0.3 is 0 Å². The van der Waals surface area contributed by atoms with Gasteiger partial charge in [-0.1, -0.05) is 13.3 Å². The number of carbonyl (C=O) groups excluding carboxylic acids is 1. The average molecular weight is 197 g/mol. The second-order valence-corrected chi connectivity index (χ2v) is 3.30. The van der Waals surface area contributed by atoms with Crippen LogP contribution < -0.4 is 11.1 Å². The standard InChI is InChI=1S/C10H19N3O/c1-2-6-9(12)10(14)13-8-5-3-4-7-11/h9H,2-6,8,12H2,1H3,(H,13,14)/t9-/m0/s1. The van der Waals surface area contributed by atoms with Crippen LogP contribution in [-0.2, 0) is 4.79 Å². The number of amides is 1. The van der Waals surface area contributed by atoms with Crippen LogP contribution in [-0.4, -0.2) is 18.5 Å². The Kier molecular flexibility index (Phi) is 7.86. The van der Waals surface area contributed by atoms with E-state index in [9.17, 15) is 4.79 Å². The molecule has 0 aromatic carbocycles. The lowest BCUT2D eigenvalue weighted by Gasteiger charge is -2.10. The monoisotopic (exact) mass is 197 g/mol. The maximum Gasteiger partial charge on any atom is 0.236 e. The van der Waals surface area contributed by atoms with Crippen molar-refractivity contribution < 1.29 is 4.79 Å². The van der Waals surface area contributed by atoms with Crippen molar-refractivity contribution in [3.63, 3.8) is 0 Å². The summed E-state index contributed by atoms with van der Waals surface area (Å²) in [6.45, 7) is 2.62. The molecule has 1 amide bonds. The molecule has 80 valence electrons. The van der Waals surface area contributed by atoms with Crippen molar-refractivity contribution in [2.75, 3.05) is 6.54 Å². The van der Waals surface area contributed by atoms with Crippen LogP contribution >= 0.6 is 0 Å². The topological polar surface area (TPSA) is 78.9 Å². The van der Waals surface area contributed by atoms with Gasteiger partial charge in [-0.25, -0.2) is 0 Å². The largest absolute Gasteiger partial charge is 0.355 e. The molecule has 0 radical (unpaired) electrons. The second kappa shape index (κ2) is 8.52. The lowest BCUT2D eigenvalue weighted by molar-refractivity contribution is -0.122. The molecule has 0 aliphatic heterocycles. The number of nitriles is 1. The van der Waals surface area contributed by atoms with Crippen molar-refractivity contribution in [1.82, 2.24) is 5.32 Å². The molecule has 0 rings (SSSR count). The third-order valence-electron chi connectivity index (χ3n) is 1.95. The highest BCUT2D eigenvalue weighted by atomic mass is 16.2. The van der Waals surface area contributed by atoms with Gasteiger partial charge in [0.1, 0.15) is 0 Å². The van der Waals surface area contributed by atoms with Crippen LogP contribution in [0.5, 0.6) is 0 Å². The molecule has 0 spiro atoms. The van der Waals surface area contributed by atoms with Crippen LogP contribution in [0.2, 0.25) is 0 Å². The molecular weight excluding hydrogens is 178 g/mol. The van der Waals surface area contributed by atoms with E-state index in [-0.39, 0.29) is 11.9 Å². The molecule has 0 bridgehead atoms. The molecule has 0 aromatic rings. The Balaban J connectivity index is 3.40. The third kappa shape index (κ3) is 6.44. The predicted molar refractivity (Wildman–Crippen MR) is 55.4 cm³/mol. The molecule has 0 unspecified atom stereocenters. The van der Waals surface area contributed by atoms with Crippen molar-refractivity contribution in [1.29, 1.82) is 5.26 Å². The van der Waals surface area contributed by atoms with E-state index in [1.54, 1.807) is 0 Å². The first-order valence-corrected chi connectivity index (χ1v) is 5.12. The smallest absolute Gasteiger partial charge is 0.236 e. The minimum Gasteiger partial charge on any atom is -0.355 e. The van der Waals surface area contributed by atoms with Gasteiger partial charge in [0.05, 0.1) is 12.1 Å². The van der Waals surface area contributed by atoms with Crippen LogP contribution in [0.15, 0.2) is 0 Å². The molecule has 0 aromatic heterocycles. The molecule has 1 atom stereocenters. The van der Waals surface area contributed by atoms with Crippen molar-refractivity contribution in [2.45, 2.75) is 45.1 Å². The fourth-order valence-corrected chi connectivity index (χ4v) is 1.11. The lowest BCUT2D eigenvalue weighted by Crippen LogP contribution is -2.40. The molecule has 0 saturated carbocycles. The van der Waals surface area contributed by atoms with Crippen molar-refractivity contribution in [2.24, 2.45) is 5.73 Å². The number of nitrogens with two attached hydrogens (primary N) is 1. The molecule has 3 N–H and O–H groups in total. The number of nitrogens with one attached hydrogen (secondary N) is 1. The SMILES string of the molecule is CCC[C@H](N)C(=O)NCCCCC#N. The van der Waals surface area contributed by atoms with E-state index >= 15 is 0 Å². The first kappa shape index (κ1) is 12.9. The summed E-state index contributed by atoms with van der Waals surface area (Å²) in [6.07, 6.45) is 3.88. The summed E-state index contributed by atoms with van der Waals surface area (Å²) in [6, 6.07) is 1.68. The number of carbonyl (C=O) groups is 1. The zero-order chi connectivity index (χ0) is 10.8. The summed E-state index contributed by atoms with van der Waals surface area (Å²) < 4.78 is 0. The highest BCUT2D eigenvalue weighted by Crippen LogP contribution is 1.94. The van der Waals surface area contributed by atoms with Crippen molar-refractivity contribution in [3.05, 3.63) is 0 Å². The number of nitrogens with zero attached hydrogens (tertiary/aromatic N) is 1. The Bertz CT molecular complexity index is 198. The minimum atomic E-state index is -0.379. The Morgan fingerprint density at radius 3 is 2.86 bits per heavy atom. The molecule has 0 heterocycles. The van der Waals surface area contributed by atoms with Crippen molar-refractivity contribution >= 4 is 5.91 Å². The number of unbranched alkanes of at least 4 members (excludes halogenated alkanes) is 2. The van der Waals surface area contributed by atoms with Gasteiger partial charge in [-0.2, -0.15) is 5.26 Å². The summed E-state index contributed by atoms with van der Waals surface area (Å²) in [4.78, 5) is 11.3. The zero-order valence-electron chi connectivity index (χ0n) is 8.75. The van der Waals surface area contributed by atoms with E-state index in [0.29, 0.717) is 13.0 Å². The summed E-state index contributed by atoms with van der Waals surface area (Å²) in [7, 11) is 0. The van der Waals surface area contributed by atoms with E-state index in [0.717, 1.165) is 25.7 Å². The molecule has 0 aliphatic carbocycles. The van der Waals surface area contributed by atoms with Crippen LogP contribution in [0, 0.1) is 11.3 Å². The highest BCUT2D eigenvalue weighted by Gasteiger charge is 2.10. The number of hydrogen-bond acceptors (Lipinski definition) is 3. The second-order valence-electron chi connectivity index (χ2n) is 3.30. The van der Waals surface area contributed by atoms with Crippen LogP contribution in [0.1, 0.15) is 39.0 Å². The molecular formula is C10H19N3O. The third-order valence-corrected chi connectivity index (χ3v) is 1.95. The normalized spacial score (nSPS) is 11.8. The summed E-state index contributed by atoms with van der Waals surface area (Å²) >= 11 is 0. The maximum absolute atomic E-state index is 11.3. The van der Waals surface area contributed by atoms with E-state index < -0.39 is 0 Å². The maximum atomic E-state index is 11.3. The molecule has 14 heavy (non-hydrogen) atoms. The van der Waals surface area contributed by atoms with Gasteiger partial charge in [0.2, 0.25) is 5.91 Å². The van der Waals surface area contributed by atoms with Crippen LogP contribution in [0.4, 0.5) is 0 Å². The zero-order valence-corrected chi connectivity index (χ0v) is 8.75. The van der Waals surface area contributed by atoms with E-state index in [2.05, 4.69) is 11.4 Å². The van der Waals surface area contributed by atoms with Gasteiger partial charge in [0.25, 0.3) is 0 Å². The van der Waals surface area contributed by atoms with Crippen LogP contribution in [0.25, 0.3) is 0 Å². The molecule has 0 fully saturated rings. The highest BCUT2D eigenvalue weighted by molar-refractivity contribution is 5.81. The van der Waals surface area contributed by atoms with E-state index in [1.807, 2.05) is 6.92 Å². The van der Waals surface area contributed by atoms with E-state index in [4.69, 9.17) is 11.0 Å². The fraction of sp³-hybridized carbons (Fsp3) is 0.800. The molecule has 0 saturated heterocycles. The number of rotatable bonds is 7. The summed E-state index contributed by atoms with van der Waals surface area (Å²) in [5.74, 6) is -0.0798. The summed E-state index contributed by atoms with van der Waals surface area (Å²) in [5, 5.41) is 11.0. The van der Waals surface area contributed by atoms with Gasteiger partial charge in [0.15, 0.2) is 0 Å². The van der Waals surface area contributed by atoms with Crippen molar-refractivity contribution in [3.8, 4) is 6.07 Å². The van der Waals surface area contributed by atoms with E-state index in [1.165, 1.54) is 0 Å². The Labute approximate surface area is 85.5 Å². The average Bonchev–Trinajstić information content (AvgIpc) is 2.17. The first-order valence-electron chi connectivity index (χ1n) is 5.12. The van der Waals surface area contributed by atoms with Gasteiger partial charge < -0.3 is 11.1 Å². The lowest BCUT2D eigenvalue weighted by atomic mass is 10.1. The number of hydrogen-bond donors (Lipinski definition) is 2. The Hall–Kier alpha value is -1.08. The molecule has 4 nitrogen and oxygen atoms in total. The van der Waals surface area contributed by atoms with Gasteiger partial charge in [-0.3, -0.25) is 4.79 Å². The summed E-state index contributed by atoms with van der Waals surface area (Å²) in [5.41, 5.74) is 5.60. The predicted octanol–water partition coefficient (Wildman–Crippen LogP) is 0.924. The fourth-order valence-electron chi connectivity index (χ4n) is 1.11. The quantitative estimate of drug-likeness (QED) is 0.596. The van der Waals surface area contributed by atoms with Gasteiger partial charge in [-0.05, 0) is 19.3 Å².